The van der Waals surface area contributed by atoms with Gasteiger partial charge >= 0.3 is 0 Å². The third-order valence-electron chi connectivity index (χ3n) is 5.14. The SMILES string of the molecule is CN(Cc1ccc(F)cc1)C(=O)[C@@]12CCCC[C@H]1CNC2.Cl. The zero-order valence-electron chi connectivity index (χ0n) is 13.0. The zero-order chi connectivity index (χ0) is 14.9. The normalized spacial score (nSPS) is 26.9. The molecule has 1 aliphatic heterocycles. The lowest BCUT2D eigenvalue weighted by Crippen LogP contribution is -2.48. The van der Waals surface area contributed by atoms with Gasteiger partial charge in [-0.05, 0) is 43.0 Å². The Morgan fingerprint density at radius 3 is 2.82 bits per heavy atom. The smallest absolute Gasteiger partial charge is 0.230 e. The maximum atomic E-state index is 13.0. The van der Waals surface area contributed by atoms with Crippen molar-refractivity contribution in [2.45, 2.75) is 32.2 Å². The average Bonchev–Trinajstić information content (AvgIpc) is 2.93. The molecule has 0 spiro atoms. The molecule has 5 heteroatoms. The molecule has 1 aromatic rings. The molecule has 0 bridgehead atoms. The molecule has 1 aliphatic carbocycles. The maximum absolute atomic E-state index is 13.0. The van der Waals surface area contributed by atoms with Crippen molar-refractivity contribution in [2.75, 3.05) is 20.1 Å². The van der Waals surface area contributed by atoms with Gasteiger partial charge in [0.25, 0.3) is 0 Å². The molecule has 0 aromatic heterocycles. The molecule has 0 unspecified atom stereocenters. The molecule has 1 aromatic carbocycles. The van der Waals surface area contributed by atoms with Gasteiger partial charge in [0.05, 0.1) is 5.41 Å². The fourth-order valence-corrected chi connectivity index (χ4v) is 3.98. The van der Waals surface area contributed by atoms with Gasteiger partial charge in [0.15, 0.2) is 0 Å². The number of hydrogen-bond acceptors (Lipinski definition) is 2. The van der Waals surface area contributed by atoms with Crippen LogP contribution in [0.4, 0.5) is 4.39 Å². The summed E-state index contributed by atoms with van der Waals surface area (Å²) < 4.78 is 13.0. The lowest BCUT2D eigenvalue weighted by Gasteiger charge is -2.39. The number of amides is 1. The Morgan fingerprint density at radius 2 is 2.09 bits per heavy atom. The standard InChI is InChI=1S/C17H23FN2O.ClH/c1-20(11-13-5-7-15(18)8-6-13)16(21)17-9-3-2-4-14(17)10-19-12-17;/h5-8,14,19H,2-4,9-12H2,1H3;1H/t14-,17+;/m0./s1. The summed E-state index contributed by atoms with van der Waals surface area (Å²) in [6.45, 7) is 2.33. The first kappa shape index (κ1) is 17.2. The Morgan fingerprint density at radius 1 is 1.36 bits per heavy atom. The third kappa shape index (κ3) is 3.13. The van der Waals surface area contributed by atoms with Crippen molar-refractivity contribution >= 4 is 18.3 Å². The molecule has 2 atom stereocenters. The highest BCUT2D eigenvalue weighted by molar-refractivity contribution is 5.85. The summed E-state index contributed by atoms with van der Waals surface area (Å²) in [5, 5.41) is 3.42. The molecule has 122 valence electrons. The van der Waals surface area contributed by atoms with Crippen LogP contribution in [0.1, 0.15) is 31.2 Å². The van der Waals surface area contributed by atoms with Gasteiger partial charge in [0, 0.05) is 20.1 Å². The van der Waals surface area contributed by atoms with Crippen LogP contribution in [0.2, 0.25) is 0 Å². The first-order valence-electron chi connectivity index (χ1n) is 7.82. The summed E-state index contributed by atoms with van der Waals surface area (Å²) in [6.07, 6.45) is 4.54. The number of carbonyl (C=O) groups is 1. The Hall–Kier alpha value is -1.13. The van der Waals surface area contributed by atoms with E-state index in [-0.39, 0.29) is 29.5 Å². The third-order valence-corrected chi connectivity index (χ3v) is 5.14. The Kier molecular flexibility index (Phi) is 5.45. The summed E-state index contributed by atoms with van der Waals surface area (Å²) in [6, 6.07) is 6.41. The van der Waals surface area contributed by atoms with Crippen LogP contribution >= 0.6 is 12.4 Å². The van der Waals surface area contributed by atoms with Gasteiger partial charge in [0.1, 0.15) is 5.82 Å². The van der Waals surface area contributed by atoms with Crippen molar-refractivity contribution in [1.82, 2.24) is 10.2 Å². The highest BCUT2D eigenvalue weighted by Crippen LogP contribution is 2.45. The largest absolute Gasteiger partial charge is 0.341 e. The van der Waals surface area contributed by atoms with Crippen molar-refractivity contribution in [3.8, 4) is 0 Å². The fraction of sp³-hybridized carbons (Fsp3) is 0.588. The van der Waals surface area contributed by atoms with E-state index in [0.717, 1.165) is 37.9 Å². The fourth-order valence-electron chi connectivity index (χ4n) is 3.98. The van der Waals surface area contributed by atoms with Crippen molar-refractivity contribution in [2.24, 2.45) is 11.3 Å². The van der Waals surface area contributed by atoms with Crippen LogP contribution in [0.25, 0.3) is 0 Å². The van der Waals surface area contributed by atoms with E-state index in [0.29, 0.717) is 12.5 Å². The Labute approximate surface area is 137 Å². The monoisotopic (exact) mass is 326 g/mol. The molecule has 1 amide bonds. The van der Waals surface area contributed by atoms with Crippen LogP contribution in [0.3, 0.4) is 0 Å². The molecule has 3 rings (SSSR count). The molecule has 3 nitrogen and oxygen atoms in total. The number of hydrogen-bond donors (Lipinski definition) is 1. The van der Waals surface area contributed by atoms with Gasteiger partial charge in [-0.1, -0.05) is 25.0 Å². The second kappa shape index (κ2) is 6.97. The molecule has 0 radical (unpaired) electrons. The Bertz CT molecular complexity index is 522. The summed E-state index contributed by atoms with van der Waals surface area (Å²) in [5.41, 5.74) is 0.773. The number of halogens is 2. The van der Waals surface area contributed by atoms with Crippen molar-refractivity contribution < 1.29 is 9.18 Å². The first-order chi connectivity index (χ1) is 10.1. The van der Waals surface area contributed by atoms with Gasteiger partial charge in [-0.3, -0.25) is 4.79 Å². The minimum atomic E-state index is -0.237. The van der Waals surface area contributed by atoms with Crippen LogP contribution in [0.15, 0.2) is 24.3 Å². The van der Waals surface area contributed by atoms with Crippen LogP contribution in [-0.4, -0.2) is 30.9 Å². The lowest BCUT2D eigenvalue weighted by molar-refractivity contribution is -0.144. The first-order valence-corrected chi connectivity index (χ1v) is 7.82. The van der Waals surface area contributed by atoms with Gasteiger partial charge in [0.2, 0.25) is 5.91 Å². The maximum Gasteiger partial charge on any atom is 0.230 e. The van der Waals surface area contributed by atoms with E-state index >= 15 is 0 Å². The van der Waals surface area contributed by atoms with Gasteiger partial charge in [-0.2, -0.15) is 0 Å². The summed E-state index contributed by atoms with van der Waals surface area (Å²) >= 11 is 0. The van der Waals surface area contributed by atoms with Gasteiger partial charge in [-0.15, -0.1) is 12.4 Å². The molecular formula is C17H24ClFN2O. The van der Waals surface area contributed by atoms with Crippen LogP contribution in [0, 0.1) is 17.2 Å². The van der Waals surface area contributed by atoms with Gasteiger partial charge in [-0.25, -0.2) is 4.39 Å². The number of nitrogens with one attached hydrogen (secondary N) is 1. The van der Waals surface area contributed by atoms with Crippen molar-refractivity contribution in [1.29, 1.82) is 0 Å². The van der Waals surface area contributed by atoms with E-state index in [9.17, 15) is 9.18 Å². The summed E-state index contributed by atoms with van der Waals surface area (Å²) in [4.78, 5) is 14.8. The minimum absolute atomic E-state index is 0. The highest BCUT2D eigenvalue weighted by Gasteiger charge is 2.50. The minimum Gasteiger partial charge on any atom is -0.341 e. The van der Waals surface area contributed by atoms with E-state index in [1.165, 1.54) is 18.6 Å². The van der Waals surface area contributed by atoms with Crippen LogP contribution in [-0.2, 0) is 11.3 Å². The van der Waals surface area contributed by atoms with Gasteiger partial charge < -0.3 is 10.2 Å². The van der Waals surface area contributed by atoms with E-state index in [1.807, 2.05) is 11.9 Å². The molecule has 1 N–H and O–H groups in total. The summed E-state index contributed by atoms with van der Waals surface area (Å²) in [7, 11) is 1.87. The Balaban J connectivity index is 0.00000176. The number of carbonyl (C=O) groups excluding carboxylic acids is 1. The predicted octanol–water partition coefficient (Wildman–Crippen LogP) is 2.99. The van der Waals surface area contributed by atoms with E-state index in [1.54, 1.807) is 12.1 Å². The van der Waals surface area contributed by atoms with Crippen molar-refractivity contribution in [3.63, 3.8) is 0 Å². The zero-order valence-corrected chi connectivity index (χ0v) is 13.8. The molecule has 2 fully saturated rings. The molecule has 22 heavy (non-hydrogen) atoms. The molecule has 1 heterocycles. The number of rotatable bonds is 3. The number of fused-ring (bicyclic) bond motifs is 1. The van der Waals surface area contributed by atoms with Crippen LogP contribution < -0.4 is 5.32 Å². The second-order valence-corrected chi connectivity index (χ2v) is 6.52. The topological polar surface area (TPSA) is 32.3 Å². The number of nitrogens with zero attached hydrogens (tertiary/aromatic N) is 1. The second-order valence-electron chi connectivity index (χ2n) is 6.52. The van der Waals surface area contributed by atoms with E-state index in [2.05, 4.69) is 5.32 Å². The van der Waals surface area contributed by atoms with E-state index in [4.69, 9.17) is 0 Å². The van der Waals surface area contributed by atoms with Crippen molar-refractivity contribution in [3.05, 3.63) is 35.6 Å². The quantitative estimate of drug-likeness (QED) is 0.926. The lowest BCUT2D eigenvalue weighted by atomic mass is 9.67. The molecular weight excluding hydrogens is 303 g/mol. The van der Waals surface area contributed by atoms with Crippen LogP contribution in [0.5, 0.6) is 0 Å². The molecule has 2 aliphatic rings. The molecule has 1 saturated heterocycles. The summed E-state index contributed by atoms with van der Waals surface area (Å²) in [5.74, 6) is 0.495. The number of benzene rings is 1. The molecule has 1 saturated carbocycles. The highest BCUT2D eigenvalue weighted by atomic mass is 35.5. The van der Waals surface area contributed by atoms with E-state index < -0.39 is 0 Å². The average molecular weight is 327 g/mol. The predicted molar refractivity (Wildman–Crippen MR) is 87.4 cm³/mol.